The smallest absolute Gasteiger partial charge is 0.346 e. The maximum Gasteiger partial charge on any atom is 0.346 e. The van der Waals surface area contributed by atoms with Crippen molar-refractivity contribution in [3.05, 3.63) is 80.3 Å². The van der Waals surface area contributed by atoms with Gasteiger partial charge in [0.05, 0.1) is 22.7 Å². The molecule has 3 aromatic rings. The highest BCUT2D eigenvalue weighted by Crippen LogP contribution is 2.37. The van der Waals surface area contributed by atoms with Crippen LogP contribution in [0.15, 0.2) is 47.8 Å². The Labute approximate surface area is 185 Å². The molecule has 1 aliphatic heterocycles. The molecule has 0 saturated carbocycles. The monoisotopic (exact) mass is 459 g/mol. The zero-order valence-corrected chi connectivity index (χ0v) is 17.7. The van der Waals surface area contributed by atoms with Gasteiger partial charge < -0.3 is 9.84 Å². The second-order valence-electron chi connectivity index (χ2n) is 6.91. The van der Waals surface area contributed by atoms with Crippen LogP contribution in [0.3, 0.4) is 0 Å². The van der Waals surface area contributed by atoms with Gasteiger partial charge in [0, 0.05) is 6.07 Å². The molecule has 1 N–H and O–H groups in total. The molecule has 1 atom stereocenters. The molecule has 9 heteroatoms. The second kappa shape index (κ2) is 8.13. The molecule has 158 valence electrons. The summed E-state index contributed by atoms with van der Waals surface area (Å²) in [6.45, 7) is 1.73. The first-order valence-corrected chi connectivity index (χ1v) is 10.4. The molecule has 6 nitrogen and oxygen atoms in total. The number of hydrogen-bond acceptors (Lipinski definition) is 5. The van der Waals surface area contributed by atoms with Crippen molar-refractivity contribution in [2.75, 3.05) is 4.90 Å². The Hall–Kier alpha value is -3.23. The van der Waals surface area contributed by atoms with Gasteiger partial charge in [-0.3, -0.25) is 9.59 Å². The van der Waals surface area contributed by atoms with Crippen molar-refractivity contribution in [2.45, 2.75) is 19.4 Å². The zero-order chi connectivity index (χ0) is 22.3. The van der Waals surface area contributed by atoms with Crippen molar-refractivity contribution >= 4 is 46.4 Å². The summed E-state index contributed by atoms with van der Waals surface area (Å²) in [4.78, 5) is 38.0. The van der Waals surface area contributed by atoms with E-state index in [0.29, 0.717) is 16.9 Å². The standard InChI is InChI=1S/C22H15ClFNO5S/c1-11(12-3-2-4-14(24)7-12)30-15-5-6-16(23)17(9-15)25-18(26)8-13-10-31-20(22(28)29)19(13)21(25)27/h2-7,9-11H,8H2,1H3,(H,28,29). The largest absolute Gasteiger partial charge is 0.486 e. The molecule has 4 rings (SSSR count). The van der Waals surface area contributed by atoms with Crippen LogP contribution in [0.2, 0.25) is 5.02 Å². The van der Waals surface area contributed by atoms with E-state index >= 15 is 0 Å². The van der Waals surface area contributed by atoms with E-state index in [1.807, 2.05) is 0 Å². The van der Waals surface area contributed by atoms with E-state index in [-0.39, 0.29) is 27.6 Å². The van der Waals surface area contributed by atoms with Gasteiger partial charge in [-0.2, -0.15) is 0 Å². The molecule has 2 amide bonds. The molecule has 2 heterocycles. The summed E-state index contributed by atoms with van der Waals surface area (Å²) >= 11 is 7.18. The number of rotatable bonds is 5. The highest BCUT2D eigenvalue weighted by molar-refractivity contribution is 7.12. The predicted octanol–water partition coefficient (Wildman–Crippen LogP) is 5.11. The lowest BCUT2D eigenvalue weighted by Crippen LogP contribution is -2.42. The van der Waals surface area contributed by atoms with Crippen molar-refractivity contribution in [1.82, 2.24) is 0 Å². The first kappa shape index (κ1) is 21.0. The summed E-state index contributed by atoms with van der Waals surface area (Å²) in [7, 11) is 0. The normalized spacial score (nSPS) is 14.4. The highest BCUT2D eigenvalue weighted by atomic mass is 35.5. The fourth-order valence-corrected chi connectivity index (χ4v) is 4.50. The van der Waals surface area contributed by atoms with Gasteiger partial charge in [0.15, 0.2) is 0 Å². The number of benzene rings is 2. The average molecular weight is 460 g/mol. The second-order valence-corrected chi connectivity index (χ2v) is 8.20. The number of anilines is 1. The van der Waals surface area contributed by atoms with Gasteiger partial charge in [-0.15, -0.1) is 11.3 Å². The lowest BCUT2D eigenvalue weighted by Gasteiger charge is -2.27. The van der Waals surface area contributed by atoms with Crippen molar-refractivity contribution < 1.29 is 28.6 Å². The minimum Gasteiger partial charge on any atom is -0.486 e. The summed E-state index contributed by atoms with van der Waals surface area (Å²) < 4.78 is 19.4. The van der Waals surface area contributed by atoms with E-state index in [1.54, 1.807) is 25.1 Å². The summed E-state index contributed by atoms with van der Waals surface area (Å²) in [5, 5.41) is 11.0. The van der Waals surface area contributed by atoms with Crippen molar-refractivity contribution in [3.8, 4) is 5.75 Å². The Kier molecular flexibility index (Phi) is 5.51. The van der Waals surface area contributed by atoms with Gasteiger partial charge in [-0.05, 0) is 47.7 Å². The van der Waals surface area contributed by atoms with E-state index in [1.165, 1.54) is 29.6 Å². The van der Waals surface area contributed by atoms with Gasteiger partial charge in [0.25, 0.3) is 5.91 Å². The first-order valence-electron chi connectivity index (χ1n) is 9.19. The summed E-state index contributed by atoms with van der Waals surface area (Å²) in [5.74, 6) is -2.59. The number of carbonyl (C=O) groups is 3. The maximum absolute atomic E-state index is 13.5. The molecule has 0 spiro atoms. The molecule has 1 aromatic heterocycles. The maximum atomic E-state index is 13.5. The number of thiophene rings is 1. The molecule has 0 aliphatic carbocycles. The number of halogens is 2. The van der Waals surface area contributed by atoms with E-state index in [0.717, 1.165) is 16.2 Å². The van der Waals surface area contributed by atoms with Gasteiger partial charge >= 0.3 is 5.97 Å². The van der Waals surface area contributed by atoms with Crippen molar-refractivity contribution in [3.63, 3.8) is 0 Å². The first-order chi connectivity index (χ1) is 14.8. The fourth-order valence-electron chi connectivity index (χ4n) is 3.40. The van der Waals surface area contributed by atoms with Crippen LogP contribution in [0, 0.1) is 5.82 Å². The number of aromatic carboxylic acids is 1. The van der Waals surface area contributed by atoms with Crippen LogP contribution in [-0.2, 0) is 11.2 Å². The summed E-state index contributed by atoms with van der Waals surface area (Å²) in [6, 6.07) is 10.4. The minimum absolute atomic E-state index is 0.00684. The zero-order valence-electron chi connectivity index (χ0n) is 16.1. The molecular formula is C22H15ClFNO5S. The van der Waals surface area contributed by atoms with Gasteiger partial charge in [0.1, 0.15) is 22.5 Å². The molecule has 0 saturated heterocycles. The number of carbonyl (C=O) groups excluding carboxylic acids is 2. The van der Waals surface area contributed by atoms with E-state index < -0.39 is 29.7 Å². The van der Waals surface area contributed by atoms with Gasteiger partial charge in [0.2, 0.25) is 5.91 Å². The van der Waals surface area contributed by atoms with Crippen molar-refractivity contribution in [2.24, 2.45) is 0 Å². The molecule has 0 radical (unpaired) electrons. The number of carboxylic acids is 1. The van der Waals surface area contributed by atoms with Crippen LogP contribution < -0.4 is 9.64 Å². The lowest BCUT2D eigenvalue weighted by molar-refractivity contribution is -0.117. The van der Waals surface area contributed by atoms with Crippen LogP contribution in [0.5, 0.6) is 5.75 Å². The third kappa shape index (κ3) is 3.92. The van der Waals surface area contributed by atoms with Crippen LogP contribution in [-0.4, -0.2) is 22.9 Å². The Morgan fingerprint density at radius 2 is 2.03 bits per heavy atom. The average Bonchev–Trinajstić information content (AvgIpc) is 3.14. The van der Waals surface area contributed by atoms with Gasteiger partial charge in [-0.25, -0.2) is 14.1 Å². The lowest BCUT2D eigenvalue weighted by atomic mass is 10.0. The predicted molar refractivity (Wildman–Crippen MR) is 114 cm³/mol. The highest BCUT2D eigenvalue weighted by Gasteiger charge is 2.37. The fraction of sp³-hybridized carbons (Fsp3) is 0.136. The Morgan fingerprint density at radius 3 is 2.74 bits per heavy atom. The Balaban J connectivity index is 1.68. The van der Waals surface area contributed by atoms with E-state index in [9.17, 15) is 23.9 Å². The summed E-state index contributed by atoms with van der Waals surface area (Å²) in [6.07, 6.45) is -0.633. The number of nitrogens with zero attached hydrogens (tertiary/aromatic N) is 1. The Bertz CT molecular complexity index is 1220. The third-order valence-electron chi connectivity index (χ3n) is 4.86. The number of carboxylic acid groups (broad SMARTS) is 1. The number of imide groups is 1. The Morgan fingerprint density at radius 1 is 1.26 bits per heavy atom. The van der Waals surface area contributed by atoms with Crippen molar-refractivity contribution in [1.29, 1.82) is 0 Å². The minimum atomic E-state index is -1.24. The van der Waals surface area contributed by atoms with Crippen LogP contribution >= 0.6 is 22.9 Å². The van der Waals surface area contributed by atoms with Gasteiger partial charge in [-0.1, -0.05) is 23.7 Å². The number of ether oxygens (including phenoxy) is 1. The molecule has 1 unspecified atom stereocenters. The SMILES string of the molecule is CC(Oc1ccc(Cl)c(N2C(=O)Cc3csc(C(=O)O)c3C2=O)c1)c1cccc(F)c1. The number of hydrogen-bond donors (Lipinski definition) is 1. The molecule has 31 heavy (non-hydrogen) atoms. The molecule has 1 aliphatic rings. The van der Waals surface area contributed by atoms with E-state index in [2.05, 4.69) is 0 Å². The quantitative estimate of drug-likeness (QED) is 0.536. The van der Waals surface area contributed by atoms with Crippen LogP contribution in [0.4, 0.5) is 10.1 Å². The van der Waals surface area contributed by atoms with Crippen LogP contribution in [0.1, 0.15) is 44.2 Å². The topological polar surface area (TPSA) is 83.9 Å². The molecular weight excluding hydrogens is 445 g/mol. The molecule has 0 fully saturated rings. The number of amides is 2. The van der Waals surface area contributed by atoms with E-state index in [4.69, 9.17) is 16.3 Å². The third-order valence-corrected chi connectivity index (χ3v) is 6.20. The summed E-state index contributed by atoms with van der Waals surface area (Å²) in [5.41, 5.74) is 1.08. The number of fused-ring (bicyclic) bond motifs is 1. The molecule has 2 aromatic carbocycles. The molecule has 0 bridgehead atoms. The van der Waals surface area contributed by atoms with Crippen LogP contribution in [0.25, 0.3) is 0 Å².